The van der Waals surface area contributed by atoms with Crippen LogP contribution in [0.2, 0.25) is 5.02 Å². The highest BCUT2D eigenvalue weighted by Crippen LogP contribution is 2.51. The summed E-state index contributed by atoms with van der Waals surface area (Å²) in [6.45, 7) is 4.62. The maximum absolute atomic E-state index is 6.50. The highest BCUT2D eigenvalue weighted by Gasteiger charge is 2.35. The molecule has 0 aliphatic heterocycles. The average Bonchev–Trinajstić information content (AvgIpc) is 3.38. The van der Waals surface area contributed by atoms with Crippen molar-refractivity contribution in [1.29, 1.82) is 0 Å². The fourth-order valence-corrected chi connectivity index (χ4v) is 5.97. The van der Waals surface area contributed by atoms with Crippen molar-refractivity contribution >= 4 is 50.6 Å². The van der Waals surface area contributed by atoms with Crippen LogP contribution in [-0.2, 0) is 5.41 Å². The molecular weight excluding hydrogens is 462 g/mol. The monoisotopic (exact) mass is 485 g/mol. The van der Waals surface area contributed by atoms with Gasteiger partial charge in [0.1, 0.15) is 5.58 Å². The fraction of sp³-hybridized carbons (Fsp3) is 0.0909. The number of benzene rings is 5. The standard InChI is InChI=1S/C33H24ClNO/c1-33(2)28-14-5-3-11-24(28)25-18-17-23(20-29(25)33)35(22-10-7-9-21(34)19-22)30-15-8-13-27-26-12-4-6-16-31(26)36-32(27)30/h3-20H,1-2H3. The maximum atomic E-state index is 6.50. The zero-order valence-corrected chi connectivity index (χ0v) is 20.9. The Labute approximate surface area is 215 Å². The van der Waals surface area contributed by atoms with Crippen molar-refractivity contribution in [2.24, 2.45) is 0 Å². The highest BCUT2D eigenvalue weighted by molar-refractivity contribution is 6.31. The van der Waals surface area contributed by atoms with E-state index in [0.29, 0.717) is 5.02 Å². The first-order valence-electron chi connectivity index (χ1n) is 12.2. The van der Waals surface area contributed by atoms with Gasteiger partial charge in [-0.25, -0.2) is 0 Å². The minimum absolute atomic E-state index is 0.0900. The highest BCUT2D eigenvalue weighted by atomic mass is 35.5. The molecule has 36 heavy (non-hydrogen) atoms. The second kappa shape index (κ2) is 7.74. The summed E-state index contributed by atoms with van der Waals surface area (Å²) in [5.74, 6) is 0. The third-order valence-electron chi connectivity index (χ3n) is 7.52. The van der Waals surface area contributed by atoms with E-state index in [1.165, 1.54) is 22.3 Å². The molecule has 1 aromatic heterocycles. The zero-order valence-electron chi connectivity index (χ0n) is 20.1. The van der Waals surface area contributed by atoms with Gasteiger partial charge in [0.15, 0.2) is 5.58 Å². The lowest BCUT2D eigenvalue weighted by Crippen LogP contribution is -2.16. The number of hydrogen-bond donors (Lipinski definition) is 0. The van der Waals surface area contributed by atoms with E-state index in [1.807, 2.05) is 30.3 Å². The van der Waals surface area contributed by atoms with E-state index in [0.717, 1.165) is 39.0 Å². The van der Waals surface area contributed by atoms with E-state index < -0.39 is 0 Å². The Bertz CT molecular complexity index is 1800. The van der Waals surface area contributed by atoms with Crippen LogP contribution in [0.25, 0.3) is 33.1 Å². The SMILES string of the molecule is CC1(C)c2ccccc2-c2ccc(N(c3cccc(Cl)c3)c3cccc4c3oc3ccccc34)cc21. The molecule has 0 bridgehead atoms. The number of furan rings is 1. The first kappa shape index (κ1) is 21.3. The number of halogens is 1. The molecule has 0 radical (unpaired) electrons. The Morgan fingerprint density at radius 2 is 1.36 bits per heavy atom. The third kappa shape index (κ3) is 3.04. The van der Waals surface area contributed by atoms with Gasteiger partial charge in [-0.3, -0.25) is 0 Å². The van der Waals surface area contributed by atoms with Gasteiger partial charge in [0.2, 0.25) is 0 Å². The second-order valence-electron chi connectivity index (χ2n) is 9.97. The minimum atomic E-state index is -0.0900. The molecule has 0 unspecified atom stereocenters. The molecule has 0 amide bonds. The van der Waals surface area contributed by atoms with Crippen molar-refractivity contribution < 1.29 is 4.42 Å². The summed E-state index contributed by atoms with van der Waals surface area (Å²) in [6, 6.07) is 38.1. The van der Waals surface area contributed by atoms with Crippen molar-refractivity contribution in [1.82, 2.24) is 0 Å². The van der Waals surface area contributed by atoms with Crippen LogP contribution in [0.5, 0.6) is 0 Å². The number of hydrogen-bond acceptors (Lipinski definition) is 2. The van der Waals surface area contributed by atoms with E-state index >= 15 is 0 Å². The van der Waals surface area contributed by atoms with Crippen LogP contribution >= 0.6 is 11.6 Å². The summed E-state index contributed by atoms with van der Waals surface area (Å²) in [5, 5.41) is 2.91. The Kier molecular flexibility index (Phi) is 4.58. The van der Waals surface area contributed by atoms with Crippen molar-refractivity contribution in [2.75, 3.05) is 4.90 Å². The lowest BCUT2D eigenvalue weighted by atomic mass is 9.82. The van der Waals surface area contributed by atoms with Crippen LogP contribution in [0.15, 0.2) is 114 Å². The number of fused-ring (bicyclic) bond motifs is 6. The van der Waals surface area contributed by atoms with Gasteiger partial charge in [0, 0.05) is 32.6 Å². The van der Waals surface area contributed by atoms with Crippen LogP contribution < -0.4 is 4.90 Å². The predicted molar refractivity (Wildman–Crippen MR) is 151 cm³/mol. The third-order valence-corrected chi connectivity index (χ3v) is 7.75. The second-order valence-corrected chi connectivity index (χ2v) is 10.4. The van der Waals surface area contributed by atoms with Crippen LogP contribution in [0.4, 0.5) is 17.1 Å². The van der Waals surface area contributed by atoms with Crippen LogP contribution in [0, 0.1) is 0 Å². The topological polar surface area (TPSA) is 16.4 Å². The van der Waals surface area contributed by atoms with Crippen LogP contribution in [0.1, 0.15) is 25.0 Å². The molecule has 0 saturated heterocycles. The average molecular weight is 486 g/mol. The predicted octanol–water partition coefficient (Wildman–Crippen LogP) is 10.0. The first-order valence-corrected chi connectivity index (χ1v) is 12.6. The fourth-order valence-electron chi connectivity index (χ4n) is 5.78. The Morgan fingerprint density at radius 1 is 0.639 bits per heavy atom. The lowest BCUT2D eigenvalue weighted by Gasteiger charge is -2.28. The molecule has 0 saturated carbocycles. The molecule has 1 heterocycles. The van der Waals surface area contributed by atoms with Gasteiger partial charge < -0.3 is 9.32 Å². The van der Waals surface area contributed by atoms with Crippen molar-refractivity contribution in [3.05, 3.63) is 125 Å². The summed E-state index contributed by atoms with van der Waals surface area (Å²) >= 11 is 6.50. The molecule has 6 aromatic rings. The quantitative estimate of drug-likeness (QED) is 0.248. The summed E-state index contributed by atoms with van der Waals surface area (Å²) in [7, 11) is 0. The largest absolute Gasteiger partial charge is 0.454 e. The minimum Gasteiger partial charge on any atom is -0.454 e. The van der Waals surface area contributed by atoms with E-state index in [4.69, 9.17) is 16.0 Å². The molecule has 0 N–H and O–H groups in total. The first-order chi connectivity index (χ1) is 17.5. The molecule has 0 spiro atoms. The summed E-state index contributed by atoms with van der Waals surface area (Å²) < 4.78 is 6.45. The van der Waals surface area contributed by atoms with Gasteiger partial charge in [0.25, 0.3) is 0 Å². The van der Waals surface area contributed by atoms with Crippen LogP contribution in [-0.4, -0.2) is 0 Å². The van der Waals surface area contributed by atoms with Gasteiger partial charge in [-0.15, -0.1) is 0 Å². The van der Waals surface area contributed by atoms with Crippen LogP contribution in [0.3, 0.4) is 0 Å². The molecule has 1 aliphatic carbocycles. The van der Waals surface area contributed by atoms with E-state index in [1.54, 1.807) is 0 Å². The normalized spacial score (nSPS) is 13.6. The molecule has 2 nitrogen and oxygen atoms in total. The van der Waals surface area contributed by atoms with Crippen molar-refractivity contribution in [3.8, 4) is 11.1 Å². The molecule has 3 heteroatoms. The molecule has 174 valence electrons. The molecule has 0 atom stereocenters. The summed E-state index contributed by atoms with van der Waals surface area (Å²) in [6.07, 6.45) is 0. The van der Waals surface area contributed by atoms with E-state index in [9.17, 15) is 0 Å². The van der Waals surface area contributed by atoms with Gasteiger partial charge in [-0.2, -0.15) is 0 Å². The number of nitrogens with zero attached hydrogens (tertiary/aromatic N) is 1. The summed E-state index contributed by atoms with van der Waals surface area (Å²) in [5.41, 5.74) is 10.0. The molecule has 0 fully saturated rings. The van der Waals surface area contributed by atoms with Gasteiger partial charge >= 0.3 is 0 Å². The van der Waals surface area contributed by atoms with Gasteiger partial charge in [-0.1, -0.05) is 92.2 Å². The zero-order chi connectivity index (χ0) is 24.4. The Morgan fingerprint density at radius 3 is 2.25 bits per heavy atom. The molecular formula is C33H24ClNO. The van der Waals surface area contributed by atoms with Gasteiger partial charge in [-0.05, 0) is 64.7 Å². The number of rotatable bonds is 3. The molecule has 1 aliphatic rings. The Hall–Kier alpha value is -4.01. The Balaban J connectivity index is 1.50. The van der Waals surface area contributed by atoms with Crippen molar-refractivity contribution in [2.45, 2.75) is 19.3 Å². The van der Waals surface area contributed by atoms with E-state index in [2.05, 4.69) is 97.6 Å². The molecule has 5 aromatic carbocycles. The van der Waals surface area contributed by atoms with E-state index in [-0.39, 0.29) is 5.41 Å². The molecule has 7 rings (SSSR count). The number of anilines is 3. The maximum Gasteiger partial charge on any atom is 0.159 e. The number of para-hydroxylation sites is 2. The lowest BCUT2D eigenvalue weighted by molar-refractivity contribution is 0.660. The van der Waals surface area contributed by atoms with Gasteiger partial charge in [0.05, 0.1) is 5.69 Å². The smallest absolute Gasteiger partial charge is 0.159 e. The summed E-state index contributed by atoms with van der Waals surface area (Å²) in [4.78, 5) is 2.26. The van der Waals surface area contributed by atoms with Crippen molar-refractivity contribution in [3.63, 3.8) is 0 Å².